The van der Waals surface area contributed by atoms with Crippen LogP contribution in [-0.4, -0.2) is 52.1 Å². The monoisotopic (exact) mass is 648 g/mol. The van der Waals surface area contributed by atoms with Crippen molar-refractivity contribution in [3.63, 3.8) is 0 Å². The minimum absolute atomic E-state index is 0.162. The highest BCUT2D eigenvalue weighted by atomic mass is 32.2. The average Bonchev–Trinajstić information content (AvgIpc) is 3.52. The molecule has 2 amide bonds. The maximum Gasteiger partial charge on any atom is 0.323 e. The standard InChI is InChI=1S/C31H29F2N7O3S2/c32-25-10-6-22(7-11-25)27(23-8-12-26(33)13-9-23)14-18-40(19-15-28-34-16-1-17-35-28)31(41)38-30-37-29(39-44-30)24-4-2-21(3-5-24)20-36-45(42)43/h1-13,16-17,27,36H,14-15,18-20H2,(H,42,43)(H,37,38,39,41)/p-1. The van der Waals surface area contributed by atoms with Gasteiger partial charge in [0.1, 0.15) is 17.5 Å². The molecule has 0 radical (unpaired) electrons. The Morgan fingerprint density at radius 3 is 2.13 bits per heavy atom. The number of nitrogens with zero attached hydrogens (tertiary/aromatic N) is 5. The van der Waals surface area contributed by atoms with E-state index in [1.165, 1.54) is 24.3 Å². The first-order valence-electron chi connectivity index (χ1n) is 13.9. The third-order valence-electron chi connectivity index (χ3n) is 6.99. The third kappa shape index (κ3) is 9.25. The van der Waals surface area contributed by atoms with Crippen LogP contribution in [0.2, 0.25) is 0 Å². The highest BCUT2D eigenvalue weighted by Crippen LogP contribution is 2.29. The molecule has 2 aromatic heterocycles. The zero-order chi connectivity index (χ0) is 31.6. The fourth-order valence-corrected chi connectivity index (χ4v) is 5.55. The topological polar surface area (TPSA) is 136 Å². The molecule has 0 aliphatic heterocycles. The SMILES string of the molecule is O=C(Nc1nc(-c2ccc(CNS(=O)[O-])cc2)ns1)N(CCc1ncccn1)CCC(c1ccc(F)cc1)c1ccc(F)cc1. The van der Waals surface area contributed by atoms with E-state index in [9.17, 15) is 22.3 Å². The van der Waals surface area contributed by atoms with Crippen molar-refractivity contribution >= 4 is 34.0 Å². The van der Waals surface area contributed by atoms with E-state index in [4.69, 9.17) is 0 Å². The molecular weight excluding hydrogens is 621 g/mol. The van der Waals surface area contributed by atoms with Gasteiger partial charge in [0, 0.05) is 72.7 Å². The van der Waals surface area contributed by atoms with Crippen LogP contribution in [0.1, 0.15) is 34.9 Å². The molecule has 0 aliphatic carbocycles. The summed E-state index contributed by atoms with van der Waals surface area (Å²) in [6.45, 7) is 0.785. The third-order valence-corrected chi connectivity index (χ3v) is 8.00. The maximum atomic E-state index is 13.7. The molecule has 3 aromatic carbocycles. The van der Waals surface area contributed by atoms with Crippen LogP contribution >= 0.6 is 11.5 Å². The Morgan fingerprint density at radius 1 is 0.911 bits per heavy atom. The summed E-state index contributed by atoms with van der Waals surface area (Å²) in [6.07, 6.45) is 4.17. The van der Waals surface area contributed by atoms with E-state index in [2.05, 4.69) is 29.4 Å². The Labute approximate surface area is 265 Å². The Morgan fingerprint density at radius 2 is 1.53 bits per heavy atom. The molecule has 0 spiro atoms. The van der Waals surface area contributed by atoms with Crippen molar-refractivity contribution in [3.8, 4) is 11.4 Å². The zero-order valence-corrected chi connectivity index (χ0v) is 25.4. The highest BCUT2D eigenvalue weighted by Gasteiger charge is 2.21. The number of benzene rings is 3. The molecule has 0 fully saturated rings. The first-order valence-corrected chi connectivity index (χ1v) is 15.8. The van der Waals surface area contributed by atoms with Gasteiger partial charge in [-0.05, 0) is 53.4 Å². The quantitative estimate of drug-likeness (QED) is 0.162. The second kappa shape index (κ2) is 15.5. The van der Waals surface area contributed by atoms with Crippen molar-refractivity contribution in [1.82, 2.24) is 28.9 Å². The maximum absolute atomic E-state index is 13.7. The molecule has 232 valence electrons. The molecule has 5 aromatic rings. The zero-order valence-electron chi connectivity index (χ0n) is 23.8. The van der Waals surface area contributed by atoms with Crippen LogP contribution < -0.4 is 10.0 Å². The van der Waals surface area contributed by atoms with E-state index < -0.39 is 17.3 Å². The van der Waals surface area contributed by atoms with E-state index in [0.717, 1.165) is 28.2 Å². The minimum atomic E-state index is -2.35. The minimum Gasteiger partial charge on any atom is -0.760 e. The van der Waals surface area contributed by atoms with E-state index in [0.29, 0.717) is 48.3 Å². The number of rotatable bonds is 13. The summed E-state index contributed by atoms with van der Waals surface area (Å²) in [5.74, 6) is 0.0550. The van der Waals surface area contributed by atoms with Crippen molar-refractivity contribution in [2.45, 2.75) is 25.3 Å². The molecule has 0 aliphatic rings. The molecule has 45 heavy (non-hydrogen) atoms. The summed E-state index contributed by atoms with van der Waals surface area (Å²) in [7, 11) is 0. The van der Waals surface area contributed by atoms with Gasteiger partial charge in [0.2, 0.25) is 5.13 Å². The van der Waals surface area contributed by atoms with Crippen molar-refractivity contribution in [1.29, 1.82) is 0 Å². The van der Waals surface area contributed by atoms with Crippen molar-refractivity contribution < 1.29 is 22.3 Å². The average molecular weight is 649 g/mol. The molecule has 5 rings (SSSR count). The first kappa shape index (κ1) is 31.9. The van der Waals surface area contributed by atoms with Gasteiger partial charge < -0.3 is 9.45 Å². The number of carbonyl (C=O) groups is 1. The fourth-order valence-electron chi connectivity index (χ4n) is 4.69. The number of halogens is 2. The van der Waals surface area contributed by atoms with E-state index in [1.54, 1.807) is 71.9 Å². The molecule has 1 unspecified atom stereocenters. The Kier molecular flexibility index (Phi) is 11.0. The number of carbonyl (C=O) groups excluding carboxylic acids is 1. The summed E-state index contributed by atoms with van der Waals surface area (Å²) in [6, 6.07) is 20.7. The predicted octanol–water partition coefficient (Wildman–Crippen LogP) is 5.46. The van der Waals surface area contributed by atoms with Crippen LogP contribution in [0.5, 0.6) is 0 Å². The summed E-state index contributed by atoms with van der Waals surface area (Å²) in [5.41, 5.74) is 3.15. The normalized spacial score (nSPS) is 11.8. The largest absolute Gasteiger partial charge is 0.760 e. The van der Waals surface area contributed by atoms with Gasteiger partial charge in [-0.1, -0.05) is 48.5 Å². The lowest BCUT2D eigenvalue weighted by atomic mass is 9.88. The lowest BCUT2D eigenvalue weighted by Gasteiger charge is -2.26. The molecule has 14 heteroatoms. The lowest BCUT2D eigenvalue weighted by molar-refractivity contribution is 0.210. The van der Waals surface area contributed by atoms with Crippen LogP contribution in [0, 0.1) is 11.6 Å². The van der Waals surface area contributed by atoms with Crippen molar-refractivity contribution in [2.75, 3.05) is 18.4 Å². The Balaban J connectivity index is 1.31. The Bertz CT molecular complexity index is 1660. The first-order chi connectivity index (χ1) is 21.8. The molecule has 0 saturated carbocycles. The number of nitrogens with one attached hydrogen (secondary N) is 2. The van der Waals surface area contributed by atoms with Crippen LogP contribution in [0.3, 0.4) is 0 Å². The summed E-state index contributed by atoms with van der Waals surface area (Å²) in [5, 5.41) is 3.15. The van der Waals surface area contributed by atoms with Gasteiger partial charge >= 0.3 is 6.03 Å². The summed E-state index contributed by atoms with van der Waals surface area (Å²) in [4.78, 5) is 28.2. The van der Waals surface area contributed by atoms with E-state index >= 15 is 0 Å². The van der Waals surface area contributed by atoms with Crippen LogP contribution in [0.15, 0.2) is 91.3 Å². The number of amides is 2. The second-order valence-electron chi connectivity index (χ2n) is 9.95. The lowest BCUT2D eigenvalue weighted by Crippen LogP contribution is -2.38. The van der Waals surface area contributed by atoms with Gasteiger partial charge in [0.05, 0.1) is 0 Å². The number of hydrogen-bond donors (Lipinski definition) is 2. The fraction of sp³-hybridized carbons (Fsp3) is 0.194. The van der Waals surface area contributed by atoms with Crippen molar-refractivity contribution in [3.05, 3.63) is 125 Å². The van der Waals surface area contributed by atoms with Crippen molar-refractivity contribution in [2.24, 2.45) is 0 Å². The molecule has 1 atom stereocenters. The number of aromatic nitrogens is 4. The Hall–Kier alpha value is -4.50. The number of anilines is 1. The second-order valence-corrected chi connectivity index (χ2v) is 11.5. The van der Waals surface area contributed by atoms with E-state index in [1.807, 2.05) is 0 Å². The smallest absolute Gasteiger partial charge is 0.323 e. The summed E-state index contributed by atoms with van der Waals surface area (Å²) >= 11 is -1.32. The highest BCUT2D eigenvalue weighted by molar-refractivity contribution is 7.77. The number of hydrogen-bond acceptors (Lipinski definition) is 8. The van der Waals surface area contributed by atoms with Crippen LogP contribution in [0.25, 0.3) is 11.4 Å². The predicted molar refractivity (Wildman–Crippen MR) is 167 cm³/mol. The van der Waals surface area contributed by atoms with Crippen LogP contribution in [-0.2, 0) is 24.2 Å². The molecular formula is C31H28F2N7O3S2-. The number of urea groups is 1. The molecule has 2 heterocycles. The van der Waals surface area contributed by atoms with Crippen LogP contribution in [0.4, 0.5) is 18.7 Å². The molecule has 0 bridgehead atoms. The van der Waals surface area contributed by atoms with Gasteiger partial charge in [-0.15, -0.1) is 0 Å². The van der Waals surface area contributed by atoms with Gasteiger partial charge in [-0.3, -0.25) is 9.53 Å². The van der Waals surface area contributed by atoms with E-state index in [-0.39, 0.29) is 24.1 Å². The molecule has 2 N–H and O–H groups in total. The van der Waals surface area contributed by atoms with Gasteiger partial charge in [-0.2, -0.15) is 9.36 Å². The van der Waals surface area contributed by atoms with Gasteiger partial charge in [0.15, 0.2) is 5.82 Å². The molecule has 10 nitrogen and oxygen atoms in total. The summed E-state index contributed by atoms with van der Waals surface area (Å²) < 4.78 is 55.6. The van der Waals surface area contributed by atoms with Gasteiger partial charge in [0.25, 0.3) is 0 Å². The van der Waals surface area contributed by atoms with Gasteiger partial charge in [-0.25, -0.2) is 28.3 Å². The molecule has 0 saturated heterocycles.